The minimum Gasteiger partial charge on any atom is -0.351 e. The lowest BCUT2D eigenvalue weighted by Gasteiger charge is -2.15. The second kappa shape index (κ2) is 4.45. The summed E-state index contributed by atoms with van der Waals surface area (Å²) in [7, 11) is 0. The van der Waals surface area contributed by atoms with Crippen LogP contribution in [0, 0.1) is 6.92 Å². The number of alkyl halides is 1. The van der Waals surface area contributed by atoms with Crippen LogP contribution in [0.25, 0.3) is 0 Å². The van der Waals surface area contributed by atoms with E-state index in [0.29, 0.717) is 6.54 Å². The van der Waals surface area contributed by atoms with Crippen molar-refractivity contribution in [2.75, 3.05) is 0 Å². The van der Waals surface area contributed by atoms with Crippen molar-refractivity contribution in [2.24, 2.45) is 0 Å². The van der Waals surface area contributed by atoms with Crippen LogP contribution < -0.4 is 5.32 Å². The molecule has 0 saturated heterocycles. The van der Waals surface area contributed by atoms with Gasteiger partial charge in [0, 0.05) is 6.54 Å². The maximum atomic E-state index is 11.5. The first-order chi connectivity index (χ1) is 6.41. The Balaban J connectivity index is 2.50. The number of aryl methyl sites for hydroxylation is 1. The number of amides is 1. The monoisotopic (exact) mass is 275 g/mol. The quantitative estimate of drug-likeness (QED) is 0.845. The Kier molecular flexibility index (Phi) is 3.72. The number of halogens is 1. The molecule has 0 aliphatic carbocycles. The zero-order valence-electron chi connectivity index (χ0n) is 8.56. The predicted molar refractivity (Wildman–Crippen MR) is 63.9 cm³/mol. The van der Waals surface area contributed by atoms with E-state index < -0.39 is 4.32 Å². The first-order valence-electron chi connectivity index (χ1n) is 4.40. The molecule has 1 aromatic heterocycles. The van der Waals surface area contributed by atoms with Crippen molar-refractivity contribution >= 4 is 33.2 Å². The molecule has 0 unspecified atom stereocenters. The summed E-state index contributed by atoms with van der Waals surface area (Å²) in [6.45, 7) is 6.34. The van der Waals surface area contributed by atoms with E-state index in [0.717, 1.165) is 0 Å². The molecule has 0 spiro atoms. The van der Waals surface area contributed by atoms with Gasteiger partial charge in [0.25, 0.3) is 0 Å². The van der Waals surface area contributed by atoms with Gasteiger partial charge in [-0.25, -0.2) is 0 Å². The van der Waals surface area contributed by atoms with Crippen LogP contribution in [-0.4, -0.2) is 10.2 Å². The molecular formula is C10H14BrNOS. The number of hydrogen-bond donors (Lipinski definition) is 1. The van der Waals surface area contributed by atoms with Gasteiger partial charge >= 0.3 is 0 Å². The number of hydrogen-bond acceptors (Lipinski definition) is 2. The molecule has 1 aromatic rings. The van der Waals surface area contributed by atoms with E-state index in [1.165, 1.54) is 11.1 Å². The van der Waals surface area contributed by atoms with Gasteiger partial charge in [0.2, 0.25) is 5.91 Å². The van der Waals surface area contributed by atoms with E-state index in [4.69, 9.17) is 0 Å². The molecule has 14 heavy (non-hydrogen) atoms. The minimum absolute atomic E-state index is 0.0168. The van der Waals surface area contributed by atoms with Crippen LogP contribution in [0.2, 0.25) is 0 Å². The van der Waals surface area contributed by atoms with Crippen molar-refractivity contribution < 1.29 is 4.79 Å². The molecule has 0 saturated carbocycles. The summed E-state index contributed by atoms with van der Waals surface area (Å²) in [6, 6.07) is 0. The maximum absolute atomic E-state index is 11.5. The third-order valence-corrected chi connectivity index (χ3v) is 3.21. The van der Waals surface area contributed by atoms with Crippen LogP contribution in [-0.2, 0) is 11.3 Å². The van der Waals surface area contributed by atoms with E-state index in [2.05, 4.69) is 38.9 Å². The van der Waals surface area contributed by atoms with Crippen molar-refractivity contribution in [1.82, 2.24) is 5.32 Å². The fourth-order valence-corrected chi connectivity index (χ4v) is 1.95. The zero-order chi connectivity index (χ0) is 10.8. The summed E-state index contributed by atoms with van der Waals surface area (Å²) >= 11 is 4.98. The number of thiophene rings is 1. The molecule has 0 radical (unpaired) electrons. The van der Waals surface area contributed by atoms with Gasteiger partial charge in [-0.1, -0.05) is 15.9 Å². The molecule has 1 amide bonds. The molecule has 1 N–H and O–H groups in total. The molecule has 0 aliphatic rings. The van der Waals surface area contributed by atoms with Crippen molar-refractivity contribution in [3.8, 4) is 0 Å². The Hall–Kier alpha value is -0.350. The van der Waals surface area contributed by atoms with Gasteiger partial charge < -0.3 is 5.32 Å². The molecule has 0 atom stereocenters. The molecular weight excluding hydrogens is 262 g/mol. The lowest BCUT2D eigenvalue weighted by molar-refractivity contribution is -0.122. The maximum Gasteiger partial charge on any atom is 0.236 e. The van der Waals surface area contributed by atoms with E-state index >= 15 is 0 Å². The second-order valence-corrected chi connectivity index (χ2v) is 6.46. The third kappa shape index (κ3) is 3.10. The fourth-order valence-electron chi connectivity index (χ4n) is 0.954. The second-order valence-electron chi connectivity index (χ2n) is 3.74. The van der Waals surface area contributed by atoms with Crippen molar-refractivity contribution in [3.05, 3.63) is 21.9 Å². The Morgan fingerprint density at radius 3 is 2.64 bits per heavy atom. The summed E-state index contributed by atoms with van der Waals surface area (Å²) in [5.74, 6) is 0.0168. The van der Waals surface area contributed by atoms with Gasteiger partial charge in [-0.05, 0) is 42.7 Å². The molecule has 1 heterocycles. The molecule has 0 bridgehead atoms. The lowest BCUT2D eigenvalue weighted by atomic mass is 10.2. The average Bonchev–Trinajstić information content (AvgIpc) is 2.45. The summed E-state index contributed by atoms with van der Waals surface area (Å²) in [6.07, 6.45) is 0. The van der Waals surface area contributed by atoms with Crippen molar-refractivity contribution in [3.63, 3.8) is 0 Å². The van der Waals surface area contributed by atoms with E-state index in [1.54, 1.807) is 11.3 Å². The van der Waals surface area contributed by atoms with Crippen LogP contribution in [0.15, 0.2) is 10.8 Å². The Labute approximate surface area is 96.8 Å². The molecule has 4 heteroatoms. The first-order valence-corrected chi connectivity index (χ1v) is 6.13. The summed E-state index contributed by atoms with van der Waals surface area (Å²) in [4.78, 5) is 11.5. The van der Waals surface area contributed by atoms with Crippen LogP contribution in [0.1, 0.15) is 25.0 Å². The lowest BCUT2D eigenvalue weighted by Crippen LogP contribution is -2.37. The average molecular weight is 276 g/mol. The van der Waals surface area contributed by atoms with E-state index in [1.807, 2.05) is 13.8 Å². The molecule has 0 fully saturated rings. The smallest absolute Gasteiger partial charge is 0.236 e. The molecule has 0 aliphatic heterocycles. The molecule has 0 aromatic carbocycles. The standard InChI is InChI=1S/C10H14BrNOS/c1-7-5-14-6-8(7)4-12-9(13)10(2,3)11/h5-6H,4H2,1-3H3,(H,12,13). The van der Waals surface area contributed by atoms with Crippen LogP contribution >= 0.6 is 27.3 Å². The highest BCUT2D eigenvalue weighted by Crippen LogP contribution is 2.17. The highest BCUT2D eigenvalue weighted by atomic mass is 79.9. The molecule has 78 valence electrons. The van der Waals surface area contributed by atoms with Crippen LogP contribution in [0.5, 0.6) is 0 Å². The topological polar surface area (TPSA) is 29.1 Å². The van der Waals surface area contributed by atoms with Gasteiger partial charge in [-0.2, -0.15) is 11.3 Å². The number of rotatable bonds is 3. The van der Waals surface area contributed by atoms with Gasteiger partial charge in [0.05, 0.1) is 4.32 Å². The highest BCUT2D eigenvalue weighted by Gasteiger charge is 2.22. The van der Waals surface area contributed by atoms with Crippen molar-refractivity contribution in [2.45, 2.75) is 31.6 Å². The Morgan fingerprint density at radius 2 is 2.21 bits per heavy atom. The minimum atomic E-state index is -0.489. The van der Waals surface area contributed by atoms with Crippen LogP contribution in [0.4, 0.5) is 0 Å². The van der Waals surface area contributed by atoms with Crippen molar-refractivity contribution in [1.29, 1.82) is 0 Å². The number of carbonyl (C=O) groups excluding carboxylic acids is 1. The number of carbonyl (C=O) groups is 1. The highest BCUT2D eigenvalue weighted by molar-refractivity contribution is 9.10. The summed E-state index contributed by atoms with van der Waals surface area (Å²) < 4.78 is -0.489. The van der Waals surface area contributed by atoms with Gasteiger partial charge in [-0.3, -0.25) is 4.79 Å². The predicted octanol–water partition coefficient (Wildman–Crippen LogP) is 2.85. The van der Waals surface area contributed by atoms with Gasteiger partial charge in [0.1, 0.15) is 0 Å². The zero-order valence-corrected chi connectivity index (χ0v) is 11.0. The normalized spacial score (nSPS) is 11.4. The first kappa shape index (κ1) is 11.7. The molecule has 1 rings (SSSR count). The van der Waals surface area contributed by atoms with Gasteiger partial charge in [-0.15, -0.1) is 0 Å². The summed E-state index contributed by atoms with van der Waals surface area (Å²) in [5, 5.41) is 7.04. The van der Waals surface area contributed by atoms with Gasteiger partial charge in [0.15, 0.2) is 0 Å². The molecule has 2 nitrogen and oxygen atoms in total. The van der Waals surface area contributed by atoms with E-state index in [-0.39, 0.29) is 5.91 Å². The SMILES string of the molecule is Cc1cscc1CNC(=O)C(C)(C)Br. The van der Waals surface area contributed by atoms with Crippen LogP contribution in [0.3, 0.4) is 0 Å². The number of nitrogens with one attached hydrogen (secondary N) is 1. The Morgan fingerprint density at radius 1 is 1.57 bits per heavy atom. The fraction of sp³-hybridized carbons (Fsp3) is 0.500. The summed E-state index contributed by atoms with van der Waals surface area (Å²) in [5.41, 5.74) is 2.43. The van der Waals surface area contributed by atoms with E-state index in [9.17, 15) is 4.79 Å². The third-order valence-electron chi connectivity index (χ3n) is 1.94. The largest absolute Gasteiger partial charge is 0.351 e. The Bertz CT molecular complexity index is 327.